The van der Waals surface area contributed by atoms with Crippen molar-refractivity contribution in [3.8, 4) is 0 Å². The van der Waals surface area contributed by atoms with Crippen molar-refractivity contribution in [3.63, 3.8) is 0 Å². The van der Waals surface area contributed by atoms with Gasteiger partial charge in [-0.2, -0.15) is 0 Å². The lowest BCUT2D eigenvalue weighted by Gasteiger charge is -2.05. The van der Waals surface area contributed by atoms with Gasteiger partial charge in [-0.1, -0.05) is 42.1 Å². The number of fused-ring (bicyclic) bond motifs is 1. The molecule has 2 heterocycles. The molecule has 0 aliphatic rings. The zero-order chi connectivity index (χ0) is 14.7. The molecule has 0 aliphatic carbocycles. The molecule has 3 rings (SSSR count). The smallest absolute Gasteiger partial charge is 0.222 e. The summed E-state index contributed by atoms with van der Waals surface area (Å²) in [5.41, 5.74) is 7.79. The van der Waals surface area contributed by atoms with E-state index in [1.54, 1.807) is 17.8 Å². The number of thioether (sulfide) groups is 1. The Morgan fingerprint density at radius 1 is 1.19 bits per heavy atom. The number of rotatable bonds is 5. The molecule has 1 aromatic carbocycles. The van der Waals surface area contributed by atoms with Gasteiger partial charge in [0.2, 0.25) is 5.95 Å². The van der Waals surface area contributed by atoms with E-state index in [1.807, 2.05) is 28.8 Å². The Balaban J connectivity index is 1.78. The Bertz CT molecular complexity index is 781. The van der Waals surface area contributed by atoms with Crippen LogP contribution in [0.4, 0.5) is 5.95 Å². The first-order valence-corrected chi connectivity index (χ1v) is 7.53. The zero-order valence-corrected chi connectivity index (χ0v) is 12.3. The van der Waals surface area contributed by atoms with Crippen LogP contribution < -0.4 is 5.73 Å². The molecule has 6 heteroatoms. The number of benzene rings is 1. The molecular weight excluding hydrogens is 282 g/mol. The molecule has 2 aromatic heterocycles. The number of pyridine rings is 1. The summed E-state index contributed by atoms with van der Waals surface area (Å²) in [5, 5.41) is 9.91. The number of aromatic nitrogens is 4. The molecule has 0 fully saturated rings. The van der Waals surface area contributed by atoms with Gasteiger partial charge in [0.1, 0.15) is 0 Å². The highest BCUT2D eigenvalue weighted by Gasteiger charge is 2.09. The topological polar surface area (TPSA) is 69.6 Å². The number of nitrogens with two attached hydrogens (primary N) is 1. The second-order valence-electron chi connectivity index (χ2n) is 4.52. The molecule has 0 saturated heterocycles. The Kier molecular flexibility index (Phi) is 3.87. The first-order chi connectivity index (χ1) is 10.3. The number of para-hydroxylation sites is 1. The fraction of sp³-hybridized carbons (Fsp3) is 0.133. The minimum atomic E-state index is 0.406. The molecule has 2 N–H and O–H groups in total. The Hall–Kier alpha value is -2.34. The van der Waals surface area contributed by atoms with Crippen LogP contribution in [0.25, 0.3) is 10.9 Å². The van der Waals surface area contributed by atoms with Gasteiger partial charge in [0.15, 0.2) is 5.16 Å². The molecule has 0 spiro atoms. The third-order valence-electron chi connectivity index (χ3n) is 3.06. The number of hydrogen-bond acceptors (Lipinski definition) is 5. The van der Waals surface area contributed by atoms with E-state index >= 15 is 0 Å². The molecule has 106 valence electrons. The predicted molar refractivity (Wildman–Crippen MR) is 85.9 cm³/mol. The third-order valence-corrected chi connectivity index (χ3v) is 4.06. The molecule has 0 unspecified atom stereocenters. The molecular formula is C15H15N5S. The van der Waals surface area contributed by atoms with Gasteiger partial charge in [0.25, 0.3) is 0 Å². The second-order valence-corrected chi connectivity index (χ2v) is 5.47. The molecule has 0 saturated carbocycles. The van der Waals surface area contributed by atoms with Crippen LogP contribution in [0.3, 0.4) is 0 Å². The Morgan fingerprint density at radius 3 is 2.90 bits per heavy atom. The van der Waals surface area contributed by atoms with Gasteiger partial charge in [0.05, 0.1) is 11.2 Å². The van der Waals surface area contributed by atoms with Gasteiger partial charge in [-0.15, -0.1) is 16.8 Å². The summed E-state index contributed by atoms with van der Waals surface area (Å²) in [6.45, 7) is 4.32. The van der Waals surface area contributed by atoms with E-state index in [4.69, 9.17) is 5.73 Å². The summed E-state index contributed by atoms with van der Waals surface area (Å²) in [5.74, 6) is 1.13. The average molecular weight is 297 g/mol. The van der Waals surface area contributed by atoms with Gasteiger partial charge in [-0.05, 0) is 12.1 Å². The van der Waals surface area contributed by atoms with Crippen molar-refractivity contribution in [1.29, 1.82) is 0 Å². The summed E-state index contributed by atoms with van der Waals surface area (Å²) in [7, 11) is 0. The Labute approximate surface area is 126 Å². The average Bonchev–Trinajstić information content (AvgIpc) is 2.86. The molecule has 0 atom stereocenters. The molecule has 5 nitrogen and oxygen atoms in total. The van der Waals surface area contributed by atoms with Crippen molar-refractivity contribution < 1.29 is 0 Å². The van der Waals surface area contributed by atoms with E-state index in [-0.39, 0.29) is 0 Å². The SMILES string of the molecule is C=CCn1c(N)nnc1SCc1ccc2ccccc2n1. The highest BCUT2D eigenvalue weighted by Crippen LogP contribution is 2.23. The van der Waals surface area contributed by atoms with Crippen molar-refractivity contribution in [1.82, 2.24) is 19.7 Å². The normalized spacial score (nSPS) is 10.9. The summed E-state index contributed by atoms with van der Waals surface area (Å²) in [6, 6.07) is 12.2. The van der Waals surface area contributed by atoms with Gasteiger partial charge in [-0.3, -0.25) is 9.55 Å². The van der Waals surface area contributed by atoms with Crippen LogP contribution in [-0.4, -0.2) is 19.7 Å². The maximum absolute atomic E-state index is 5.78. The highest BCUT2D eigenvalue weighted by molar-refractivity contribution is 7.98. The zero-order valence-electron chi connectivity index (χ0n) is 11.4. The van der Waals surface area contributed by atoms with Crippen LogP contribution in [0.5, 0.6) is 0 Å². The highest BCUT2D eigenvalue weighted by atomic mass is 32.2. The first-order valence-electron chi connectivity index (χ1n) is 6.55. The lowest BCUT2D eigenvalue weighted by Crippen LogP contribution is -2.03. The third kappa shape index (κ3) is 2.90. The monoisotopic (exact) mass is 297 g/mol. The van der Waals surface area contributed by atoms with Gasteiger partial charge < -0.3 is 5.73 Å². The van der Waals surface area contributed by atoms with Crippen molar-refractivity contribution in [2.45, 2.75) is 17.5 Å². The second kappa shape index (κ2) is 5.97. The summed E-state index contributed by atoms with van der Waals surface area (Å²) in [4.78, 5) is 4.64. The summed E-state index contributed by atoms with van der Waals surface area (Å²) in [6.07, 6.45) is 1.78. The van der Waals surface area contributed by atoms with E-state index in [9.17, 15) is 0 Å². The van der Waals surface area contributed by atoms with Crippen LogP contribution in [0.2, 0.25) is 0 Å². The summed E-state index contributed by atoms with van der Waals surface area (Å²) >= 11 is 1.57. The van der Waals surface area contributed by atoms with E-state index in [0.717, 1.165) is 27.5 Å². The number of allylic oxidation sites excluding steroid dienone is 1. The lowest BCUT2D eigenvalue weighted by atomic mass is 10.2. The molecule has 0 amide bonds. The molecule has 0 aliphatic heterocycles. The maximum atomic E-state index is 5.78. The predicted octanol–water partition coefficient (Wildman–Crippen LogP) is 2.89. The van der Waals surface area contributed by atoms with Gasteiger partial charge >= 0.3 is 0 Å². The fourth-order valence-electron chi connectivity index (χ4n) is 2.03. The van der Waals surface area contributed by atoms with Crippen LogP contribution in [-0.2, 0) is 12.3 Å². The van der Waals surface area contributed by atoms with E-state index in [2.05, 4.69) is 33.9 Å². The van der Waals surface area contributed by atoms with Crippen LogP contribution in [0.15, 0.2) is 54.2 Å². The number of anilines is 1. The summed E-state index contributed by atoms with van der Waals surface area (Å²) < 4.78 is 1.83. The van der Waals surface area contributed by atoms with Crippen LogP contribution >= 0.6 is 11.8 Å². The molecule has 3 aromatic rings. The van der Waals surface area contributed by atoms with E-state index in [0.29, 0.717) is 12.5 Å². The fourth-order valence-corrected chi connectivity index (χ4v) is 2.89. The quantitative estimate of drug-likeness (QED) is 0.579. The van der Waals surface area contributed by atoms with Gasteiger partial charge in [-0.25, -0.2) is 0 Å². The van der Waals surface area contributed by atoms with Crippen molar-refractivity contribution in [2.75, 3.05) is 5.73 Å². The van der Waals surface area contributed by atoms with Crippen molar-refractivity contribution in [2.24, 2.45) is 0 Å². The largest absolute Gasteiger partial charge is 0.368 e. The van der Waals surface area contributed by atoms with Gasteiger partial charge in [0, 0.05) is 17.7 Å². The van der Waals surface area contributed by atoms with E-state index < -0.39 is 0 Å². The molecule has 0 bridgehead atoms. The van der Waals surface area contributed by atoms with Crippen LogP contribution in [0, 0.1) is 0 Å². The Morgan fingerprint density at radius 2 is 2.05 bits per heavy atom. The standard InChI is InChI=1S/C15H15N5S/c1-2-9-20-14(16)18-19-15(20)21-10-12-8-7-11-5-3-4-6-13(11)17-12/h2-8H,1,9-10H2,(H2,16,18). The van der Waals surface area contributed by atoms with Crippen molar-refractivity contribution >= 4 is 28.6 Å². The maximum Gasteiger partial charge on any atom is 0.222 e. The number of nitrogen functional groups attached to an aromatic ring is 1. The van der Waals surface area contributed by atoms with E-state index in [1.165, 1.54) is 0 Å². The van der Waals surface area contributed by atoms with Crippen molar-refractivity contribution in [3.05, 3.63) is 54.7 Å². The molecule has 21 heavy (non-hydrogen) atoms. The number of hydrogen-bond donors (Lipinski definition) is 1. The first kappa shape index (κ1) is 13.6. The minimum Gasteiger partial charge on any atom is -0.368 e. The minimum absolute atomic E-state index is 0.406. The molecule has 0 radical (unpaired) electrons. The van der Waals surface area contributed by atoms with Crippen LogP contribution in [0.1, 0.15) is 5.69 Å². The lowest BCUT2D eigenvalue weighted by molar-refractivity contribution is 0.733. The number of nitrogens with zero attached hydrogens (tertiary/aromatic N) is 4.